The molecule has 2 nitrogen and oxygen atoms in total. The normalized spacial score (nSPS) is 14.0. The van der Waals surface area contributed by atoms with Crippen LogP contribution in [0.3, 0.4) is 0 Å². The molecule has 1 heterocycles. The first kappa shape index (κ1) is 12.0. The summed E-state index contributed by atoms with van der Waals surface area (Å²) in [6.07, 6.45) is 0.939. The minimum Gasteiger partial charge on any atom is -0.345 e. The van der Waals surface area contributed by atoms with Crippen molar-refractivity contribution >= 4 is 6.29 Å². The average molecular weight is 207 g/mol. The molecule has 0 aliphatic rings. The van der Waals surface area contributed by atoms with Gasteiger partial charge in [-0.3, -0.25) is 4.79 Å². The highest BCUT2D eigenvalue weighted by molar-refractivity contribution is 5.77. The minimum atomic E-state index is 0.203. The Kier molecular flexibility index (Phi) is 3.08. The Balaban J connectivity index is 3.25. The van der Waals surface area contributed by atoms with Crippen LogP contribution >= 0.6 is 0 Å². The summed E-state index contributed by atoms with van der Waals surface area (Å²) in [6.45, 7) is 12.9. The minimum absolute atomic E-state index is 0.203. The lowest BCUT2D eigenvalue weighted by atomic mass is 9.87. The Hall–Kier alpha value is -1.05. The zero-order valence-corrected chi connectivity index (χ0v) is 10.6. The molecule has 0 saturated carbocycles. The quantitative estimate of drug-likeness (QED) is 0.680. The Morgan fingerprint density at radius 2 is 1.87 bits per heavy atom. The smallest absolute Gasteiger partial charge is 0.151 e. The summed E-state index contributed by atoms with van der Waals surface area (Å²) in [5, 5.41) is 0. The molecule has 0 aromatic carbocycles. The van der Waals surface area contributed by atoms with Gasteiger partial charge in [0.25, 0.3) is 0 Å². The standard InChI is InChI=1S/C13H21NO/c1-9-7-12(8-15)10(2)14(9)11(3)13(4,5)6/h7-8,11H,1-6H3. The van der Waals surface area contributed by atoms with E-state index in [2.05, 4.69) is 39.2 Å². The van der Waals surface area contributed by atoms with E-state index in [1.165, 1.54) is 0 Å². The second-order valence-electron chi connectivity index (χ2n) is 5.36. The van der Waals surface area contributed by atoms with Crippen LogP contribution in [0.2, 0.25) is 0 Å². The van der Waals surface area contributed by atoms with Crippen LogP contribution in [0.25, 0.3) is 0 Å². The maximum Gasteiger partial charge on any atom is 0.151 e. The number of hydrogen-bond donors (Lipinski definition) is 0. The molecular formula is C13H21NO. The zero-order valence-electron chi connectivity index (χ0n) is 10.6. The number of nitrogens with zero attached hydrogens (tertiary/aromatic N) is 1. The average Bonchev–Trinajstić information content (AvgIpc) is 2.39. The Morgan fingerprint density at radius 1 is 1.33 bits per heavy atom. The topological polar surface area (TPSA) is 22.0 Å². The van der Waals surface area contributed by atoms with Gasteiger partial charge in [-0.05, 0) is 32.3 Å². The lowest BCUT2D eigenvalue weighted by Gasteiger charge is -2.31. The van der Waals surface area contributed by atoms with Gasteiger partial charge in [-0.1, -0.05) is 20.8 Å². The molecular weight excluding hydrogens is 186 g/mol. The highest BCUT2D eigenvalue weighted by Crippen LogP contribution is 2.33. The lowest BCUT2D eigenvalue weighted by molar-refractivity contribution is 0.112. The summed E-state index contributed by atoms with van der Waals surface area (Å²) in [6, 6.07) is 2.36. The maximum atomic E-state index is 10.9. The highest BCUT2D eigenvalue weighted by Gasteiger charge is 2.24. The molecule has 0 radical (unpaired) electrons. The van der Waals surface area contributed by atoms with Crippen LogP contribution in [0.15, 0.2) is 6.07 Å². The van der Waals surface area contributed by atoms with Crippen molar-refractivity contribution in [3.8, 4) is 0 Å². The van der Waals surface area contributed by atoms with Crippen LogP contribution < -0.4 is 0 Å². The first-order valence-electron chi connectivity index (χ1n) is 5.42. The van der Waals surface area contributed by atoms with Crippen LogP contribution in [-0.2, 0) is 0 Å². The maximum absolute atomic E-state index is 10.9. The van der Waals surface area contributed by atoms with Gasteiger partial charge in [0.15, 0.2) is 6.29 Å². The molecule has 0 amide bonds. The molecule has 0 aliphatic carbocycles. The zero-order chi connectivity index (χ0) is 11.8. The fraction of sp³-hybridized carbons (Fsp3) is 0.615. The van der Waals surface area contributed by atoms with E-state index in [9.17, 15) is 4.79 Å². The number of rotatable bonds is 2. The van der Waals surface area contributed by atoms with Gasteiger partial charge in [-0.25, -0.2) is 0 Å². The third-order valence-electron chi connectivity index (χ3n) is 3.29. The molecule has 0 spiro atoms. The molecule has 1 unspecified atom stereocenters. The fourth-order valence-electron chi connectivity index (χ4n) is 1.91. The summed E-state index contributed by atoms with van der Waals surface area (Å²) >= 11 is 0. The molecule has 1 aromatic rings. The van der Waals surface area contributed by atoms with Gasteiger partial charge in [-0.2, -0.15) is 0 Å². The van der Waals surface area contributed by atoms with Crippen molar-refractivity contribution in [3.05, 3.63) is 23.0 Å². The number of carbonyl (C=O) groups is 1. The molecule has 0 fully saturated rings. The fourth-order valence-corrected chi connectivity index (χ4v) is 1.91. The van der Waals surface area contributed by atoms with E-state index in [0.29, 0.717) is 6.04 Å². The molecule has 0 N–H and O–H groups in total. The molecule has 0 bridgehead atoms. The number of aryl methyl sites for hydroxylation is 1. The molecule has 1 aromatic heterocycles. The molecule has 1 atom stereocenters. The van der Waals surface area contributed by atoms with Crippen LogP contribution in [-0.4, -0.2) is 10.9 Å². The number of aromatic nitrogens is 1. The molecule has 0 saturated heterocycles. The number of hydrogen-bond acceptors (Lipinski definition) is 1. The Bertz CT molecular complexity index is 369. The predicted molar refractivity (Wildman–Crippen MR) is 63.5 cm³/mol. The summed E-state index contributed by atoms with van der Waals surface area (Å²) in [7, 11) is 0. The van der Waals surface area contributed by atoms with E-state index in [1.807, 2.05) is 13.0 Å². The Morgan fingerprint density at radius 3 is 2.20 bits per heavy atom. The number of aldehydes is 1. The first-order chi connectivity index (χ1) is 6.79. The summed E-state index contributed by atoms with van der Waals surface area (Å²) < 4.78 is 2.25. The highest BCUT2D eigenvalue weighted by atomic mass is 16.1. The third kappa shape index (κ3) is 2.14. The van der Waals surface area contributed by atoms with Crippen molar-refractivity contribution in [1.29, 1.82) is 0 Å². The van der Waals surface area contributed by atoms with E-state index < -0.39 is 0 Å². The summed E-state index contributed by atoms with van der Waals surface area (Å²) in [5.74, 6) is 0. The van der Waals surface area contributed by atoms with Crippen LogP contribution in [0.5, 0.6) is 0 Å². The molecule has 15 heavy (non-hydrogen) atoms. The van der Waals surface area contributed by atoms with Crippen LogP contribution in [0.4, 0.5) is 0 Å². The van der Waals surface area contributed by atoms with Gasteiger partial charge in [0.1, 0.15) is 0 Å². The van der Waals surface area contributed by atoms with Gasteiger partial charge in [0.2, 0.25) is 0 Å². The lowest BCUT2D eigenvalue weighted by Crippen LogP contribution is -2.23. The second kappa shape index (κ2) is 3.84. The van der Waals surface area contributed by atoms with Crippen molar-refractivity contribution in [2.45, 2.75) is 47.6 Å². The largest absolute Gasteiger partial charge is 0.345 e. The molecule has 1 rings (SSSR count). The van der Waals surface area contributed by atoms with E-state index in [-0.39, 0.29) is 5.41 Å². The second-order valence-corrected chi connectivity index (χ2v) is 5.36. The van der Waals surface area contributed by atoms with E-state index >= 15 is 0 Å². The van der Waals surface area contributed by atoms with Crippen molar-refractivity contribution in [2.24, 2.45) is 5.41 Å². The monoisotopic (exact) mass is 207 g/mol. The number of carbonyl (C=O) groups excluding carboxylic acids is 1. The molecule has 0 aliphatic heterocycles. The van der Waals surface area contributed by atoms with Crippen LogP contribution in [0.1, 0.15) is 55.5 Å². The van der Waals surface area contributed by atoms with Crippen molar-refractivity contribution in [3.63, 3.8) is 0 Å². The third-order valence-corrected chi connectivity index (χ3v) is 3.29. The molecule has 2 heteroatoms. The van der Waals surface area contributed by atoms with Gasteiger partial charge >= 0.3 is 0 Å². The van der Waals surface area contributed by atoms with Crippen LogP contribution in [0, 0.1) is 19.3 Å². The first-order valence-corrected chi connectivity index (χ1v) is 5.42. The predicted octanol–water partition coefficient (Wildman–Crippen LogP) is 3.52. The SMILES string of the molecule is Cc1cc(C=O)c(C)n1C(C)C(C)(C)C. The van der Waals surface area contributed by atoms with E-state index in [0.717, 1.165) is 23.2 Å². The van der Waals surface area contributed by atoms with Gasteiger partial charge < -0.3 is 4.57 Å². The summed E-state index contributed by atoms with van der Waals surface area (Å²) in [5.41, 5.74) is 3.25. The van der Waals surface area contributed by atoms with Crippen molar-refractivity contribution in [2.75, 3.05) is 0 Å². The van der Waals surface area contributed by atoms with Gasteiger partial charge in [0.05, 0.1) is 0 Å². The van der Waals surface area contributed by atoms with Gasteiger partial charge in [-0.15, -0.1) is 0 Å². The Labute approximate surface area is 92.3 Å². The van der Waals surface area contributed by atoms with Gasteiger partial charge in [0, 0.05) is 23.0 Å². The molecule has 84 valence electrons. The van der Waals surface area contributed by atoms with E-state index in [4.69, 9.17) is 0 Å². The van der Waals surface area contributed by atoms with E-state index in [1.54, 1.807) is 0 Å². The van der Waals surface area contributed by atoms with Crippen molar-refractivity contribution < 1.29 is 4.79 Å². The summed E-state index contributed by atoms with van der Waals surface area (Å²) in [4.78, 5) is 10.9. The van der Waals surface area contributed by atoms with Crippen molar-refractivity contribution in [1.82, 2.24) is 4.57 Å².